The highest BCUT2D eigenvalue weighted by Gasteiger charge is 2.29. The fourth-order valence-corrected chi connectivity index (χ4v) is 1.89. The SMILES string of the molecule is C=CC1CC(=O)N(c2cccnc2C)C1. The van der Waals surface area contributed by atoms with Gasteiger partial charge in [0.2, 0.25) is 5.91 Å². The molecule has 1 unspecified atom stereocenters. The van der Waals surface area contributed by atoms with Crippen LogP contribution in [0.5, 0.6) is 0 Å². The maximum absolute atomic E-state index is 11.7. The van der Waals surface area contributed by atoms with Gasteiger partial charge in [-0.05, 0) is 19.1 Å². The molecule has 1 aromatic heterocycles. The van der Waals surface area contributed by atoms with Crippen LogP contribution in [-0.4, -0.2) is 17.4 Å². The quantitative estimate of drug-likeness (QED) is 0.686. The highest BCUT2D eigenvalue weighted by atomic mass is 16.2. The molecule has 15 heavy (non-hydrogen) atoms. The van der Waals surface area contributed by atoms with Gasteiger partial charge in [0.15, 0.2) is 0 Å². The van der Waals surface area contributed by atoms with Crippen molar-refractivity contribution < 1.29 is 4.79 Å². The maximum Gasteiger partial charge on any atom is 0.227 e. The molecule has 0 aliphatic carbocycles. The Bertz CT molecular complexity index is 400. The lowest BCUT2D eigenvalue weighted by atomic mass is 10.1. The first kappa shape index (κ1) is 9.90. The van der Waals surface area contributed by atoms with Gasteiger partial charge >= 0.3 is 0 Å². The van der Waals surface area contributed by atoms with Gasteiger partial charge in [-0.25, -0.2) is 0 Å². The largest absolute Gasteiger partial charge is 0.310 e. The van der Waals surface area contributed by atoms with Crippen LogP contribution >= 0.6 is 0 Å². The minimum Gasteiger partial charge on any atom is -0.310 e. The van der Waals surface area contributed by atoms with Crippen LogP contribution in [0, 0.1) is 12.8 Å². The van der Waals surface area contributed by atoms with Crippen molar-refractivity contribution in [2.24, 2.45) is 5.92 Å². The third-order valence-electron chi connectivity index (χ3n) is 2.76. The van der Waals surface area contributed by atoms with Crippen LogP contribution in [0.2, 0.25) is 0 Å². The monoisotopic (exact) mass is 202 g/mol. The fourth-order valence-electron chi connectivity index (χ4n) is 1.89. The Balaban J connectivity index is 2.29. The Morgan fingerprint density at radius 3 is 3.07 bits per heavy atom. The van der Waals surface area contributed by atoms with E-state index in [9.17, 15) is 4.79 Å². The van der Waals surface area contributed by atoms with Crippen molar-refractivity contribution in [1.82, 2.24) is 4.98 Å². The van der Waals surface area contributed by atoms with Crippen LogP contribution < -0.4 is 4.90 Å². The molecule has 0 aromatic carbocycles. The molecule has 1 aliphatic rings. The van der Waals surface area contributed by atoms with E-state index in [-0.39, 0.29) is 11.8 Å². The van der Waals surface area contributed by atoms with Crippen LogP contribution in [0.15, 0.2) is 31.0 Å². The van der Waals surface area contributed by atoms with E-state index in [0.29, 0.717) is 6.42 Å². The number of rotatable bonds is 2. The summed E-state index contributed by atoms with van der Waals surface area (Å²) < 4.78 is 0. The predicted octanol–water partition coefficient (Wildman–Crippen LogP) is 1.93. The highest BCUT2D eigenvalue weighted by molar-refractivity contribution is 5.96. The summed E-state index contributed by atoms with van der Waals surface area (Å²) in [6, 6.07) is 3.79. The summed E-state index contributed by atoms with van der Waals surface area (Å²) in [5, 5.41) is 0. The van der Waals surface area contributed by atoms with E-state index in [2.05, 4.69) is 11.6 Å². The van der Waals surface area contributed by atoms with Gasteiger partial charge in [-0.2, -0.15) is 0 Å². The molecule has 2 rings (SSSR count). The number of carbonyl (C=O) groups excluding carboxylic acids is 1. The van der Waals surface area contributed by atoms with Gasteiger partial charge in [-0.1, -0.05) is 6.08 Å². The van der Waals surface area contributed by atoms with Crippen LogP contribution in [0.25, 0.3) is 0 Å². The molecule has 2 heterocycles. The summed E-state index contributed by atoms with van der Waals surface area (Å²) in [5.41, 5.74) is 1.82. The third-order valence-corrected chi connectivity index (χ3v) is 2.76. The zero-order valence-electron chi connectivity index (χ0n) is 8.81. The van der Waals surface area contributed by atoms with Crippen LogP contribution in [0.4, 0.5) is 5.69 Å². The smallest absolute Gasteiger partial charge is 0.227 e. The van der Waals surface area contributed by atoms with Crippen molar-refractivity contribution in [3.63, 3.8) is 0 Å². The maximum atomic E-state index is 11.7. The number of anilines is 1. The van der Waals surface area contributed by atoms with Crippen LogP contribution in [-0.2, 0) is 4.79 Å². The number of pyridine rings is 1. The molecule has 3 nitrogen and oxygen atoms in total. The average molecular weight is 202 g/mol. The number of amides is 1. The number of nitrogens with zero attached hydrogens (tertiary/aromatic N) is 2. The van der Waals surface area contributed by atoms with E-state index in [1.54, 1.807) is 11.1 Å². The Kier molecular flexibility index (Phi) is 2.54. The molecule has 1 amide bonds. The van der Waals surface area contributed by atoms with Crippen molar-refractivity contribution in [2.75, 3.05) is 11.4 Å². The molecule has 78 valence electrons. The number of hydrogen-bond acceptors (Lipinski definition) is 2. The normalized spacial score (nSPS) is 20.7. The Morgan fingerprint density at radius 1 is 1.67 bits per heavy atom. The first-order chi connectivity index (χ1) is 7.22. The summed E-state index contributed by atoms with van der Waals surface area (Å²) in [6.07, 6.45) is 4.16. The Hall–Kier alpha value is -1.64. The Morgan fingerprint density at radius 2 is 2.47 bits per heavy atom. The summed E-state index contributed by atoms with van der Waals surface area (Å²) in [5.74, 6) is 0.438. The molecular weight excluding hydrogens is 188 g/mol. The Labute approximate surface area is 89.4 Å². The molecule has 1 aliphatic heterocycles. The van der Waals surface area contributed by atoms with Crippen molar-refractivity contribution >= 4 is 11.6 Å². The molecule has 0 N–H and O–H groups in total. The molecular formula is C12H14N2O. The first-order valence-corrected chi connectivity index (χ1v) is 5.07. The average Bonchev–Trinajstić information content (AvgIpc) is 2.60. The number of aryl methyl sites for hydroxylation is 1. The molecule has 1 saturated heterocycles. The van der Waals surface area contributed by atoms with Gasteiger partial charge in [0.25, 0.3) is 0 Å². The van der Waals surface area contributed by atoms with Gasteiger partial charge in [0.05, 0.1) is 11.4 Å². The third kappa shape index (κ3) is 1.77. The standard InChI is InChI=1S/C12H14N2O/c1-3-10-7-12(15)14(8-10)11-5-4-6-13-9(11)2/h3-6,10H,1,7-8H2,2H3. The number of carbonyl (C=O) groups is 1. The van der Waals surface area contributed by atoms with Crippen LogP contribution in [0.3, 0.4) is 0 Å². The van der Waals surface area contributed by atoms with Crippen molar-refractivity contribution in [2.45, 2.75) is 13.3 Å². The lowest BCUT2D eigenvalue weighted by Crippen LogP contribution is -2.25. The molecule has 0 saturated carbocycles. The predicted molar refractivity (Wildman–Crippen MR) is 59.6 cm³/mol. The van der Waals surface area contributed by atoms with Gasteiger partial charge in [-0.15, -0.1) is 6.58 Å². The van der Waals surface area contributed by atoms with Gasteiger partial charge in [0, 0.05) is 25.1 Å². The minimum absolute atomic E-state index is 0.163. The summed E-state index contributed by atoms with van der Waals surface area (Å²) >= 11 is 0. The van der Waals surface area contributed by atoms with E-state index >= 15 is 0 Å². The number of aromatic nitrogens is 1. The second kappa shape index (κ2) is 3.85. The molecule has 1 aromatic rings. The van der Waals surface area contributed by atoms with Gasteiger partial charge in [0.1, 0.15) is 0 Å². The molecule has 1 atom stereocenters. The van der Waals surface area contributed by atoms with Gasteiger partial charge < -0.3 is 4.90 Å². The van der Waals surface area contributed by atoms with Crippen molar-refractivity contribution in [3.8, 4) is 0 Å². The zero-order valence-corrected chi connectivity index (χ0v) is 8.81. The lowest BCUT2D eigenvalue weighted by molar-refractivity contribution is -0.117. The second-order valence-electron chi connectivity index (χ2n) is 3.81. The molecule has 0 radical (unpaired) electrons. The summed E-state index contributed by atoms with van der Waals surface area (Å²) in [6.45, 7) is 6.38. The van der Waals surface area contributed by atoms with Crippen molar-refractivity contribution in [1.29, 1.82) is 0 Å². The fraction of sp³-hybridized carbons (Fsp3) is 0.333. The molecule has 0 spiro atoms. The second-order valence-corrected chi connectivity index (χ2v) is 3.81. The summed E-state index contributed by atoms with van der Waals surface area (Å²) in [7, 11) is 0. The molecule has 3 heteroatoms. The first-order valence-electron chi connectivity index (χ1n) is 5.07. The molecule has 0 bridgehead atoms. The zero-order chi connectivity index (χ0) is 10.8. The van der Waals surface area contributed by atoms with Crippen molar-refractivity contribution in [3.05, 3.63) is 36.7 Å². The minimum atomic E-state index is 0.163. The van der Waals surface area contributed by atoms with E-state index in [1.807, 2.05) is 25.1 Å². The highest BCUT2D eigenvalue weighted by Crippen LogP contribution is 2.26. The van der Waals surface area contributed by atoms with E-state index in [1.165, 1.54) is 0 Å². The lowest BCUT2D eigenvalue weighted by Gasteiger charge is -2.17. The number of hydrogen-bond donors (Lipinski definition) is 0. The van der Waals surface area contributed by atoms with Crippen LogP contribution in [0.1, 0.15) is 12.1 Å². The van der Waals surface area contributed by atoms with E-state index < -0.39 is 0 Å². The van der Waals surface area contributed by atoms with Gasteiger partial charge in [-0.3, -0.25) is 9.78 Å². The molecule has 1 fully saturated rings. The van der Waals surface area contributed by atoms with E-state index in [4.69, 9.17) is 0 Å². The summed E-state index contributed by atoms with van der Waals surface area (Å²) in [4.78, 5) is 17.7. The topological polar surface area (TPSA) is 33.2 Å². The van der Waals surface area contributed by atoms with E-state index in [0.717, 1.165) is 17.9 Å².